The molecule has 1 aliphatic heterocycles. The largest absolute Gasteiger partial charge is 0.394 e. The molecule has 0 aromatic heterocycles. The second-order valence-electron chi connectivity index (χ2n) is 8.05. The van der Waals surface area contributed by atoms with Crippen LogP contribution in [-0.4, -0.2) is 59.6 Å². The van der Waals surface area contributed by atoms with Crippen LogP contribution in [-0.2, 0) is 9.47 Å². The van der Waals surface area contributed by atoms with Crippen molar-refractivity contribution in [3.05, 3.63) is 12.2 Å². The Morgan fingerprint density at radius 3 is 2.00 bits per heavy atom. The first-order valence-electron chi connectivity index (χ1n) is 11.5. The zero-order valence-corrected chi connectivity index (χ0v) is 17.9. The van der Waals surface area contributed by atoms with E-state index < -0.39 is 24.4 Å². The Hall–Kier alpha value is -0.460. The van der Waals surface area contributed by atoms with E-state index in [1.807, 2.05) is 0 Å². The highest BCUT2D eigenvalue weighted by Crippen LogP contribution is 2.21. The van der Waals surface area contributed by atoms with Gasteiger partial charge >= 0.3 is 0 Å². The molecule has 5 nitrogen and oxygen atoms in total. The lowest BCUT2D eigenvalue weighted by molar-refractivity contribution is -0.0938. The molecule has 0 spiro atoms. The topological polar surface area (TPSA) is 79.2 Å². The van der Waals surface area contributed by atoms with Crippen LogP contribution >= 0.6 is 0 Å². The fourth-order valence-electron chi connectivity index (χ4n) is 3.78. The standard InChI is InChI=1S/C23H44O5/c1-2-3-4-5-6-7-8-9-10-11-12-13-14-15-16-17-27-23-21(26)19-28-22(23)20(25)18-24/h2-3,20-26H,4-19H2,1H3/b3-2+/t20-,21+,22-,23-/m1/s1. The zero-order chi connectivity index (χ0) is 20.5. The van der Waals surface area contributed by atoms with E-state index in [2.05, 4.69) is 19.1 Å². The van der Waals surface area contributed by atoms with E-state index in [0.717, 1.165) is 12.8 Å². The summed E-state index contributed by atoms with van der Waals surface area (Å²) in [7, 11) is 0. The second kappa shape index (κ2) is 17.4. The van der Waals surface area contributed by atoms with Crippen LogP contribution in [0.25, 0.3) is 0 Å². The van der Waals surface area contributed by atoms with Gasteiger partial charge in [-0.25, -0.2) is 0 Å². The predicted octanol–water partition coefficient (Wildman–Crippen LogP) is 4.13. The molecule has 0 aromatic rings. The lowest BCUT2D eigenvalue weighted by atomic mass is 10.0. The van der Waals surface area contributed by atoms with E-state index in [-0.39, 0.29) is 13.2 Å². The van der Waals surface area contributed by atoms with Gasteiger partial charge in [0, 0.05) is 6.61 Å². The normalized spacial score (nSPS) is 23.6. The van der Waals surface area contributed by atoms with Gasteiger partial charge in [0.1, 0.15) is 24.4 Å². The summed E-state index contributed by atoms with van der Waals surface area (Å²) in [5, 5.41) is 28.6. The second-order valence-corrected chi connectivity index (χ2v) is 8.05. The van der Waals surface area contributed by atoms with Crippen LogP contribution in [0.5, 0.6) is 0 Å². The molecule has 0 unspecified atom stereocenters. The van der Waals surface area contributed by atoms with Crippen molar-refractivity contribution in [2.24, 2.45) is 0 Å². The molecule has 5 heteroatoms. The van der Waals surface area contributed by atoms with Crippen molar-refractivity contribution in [2.45, 2.75) is 115 Å². The van der Waals surface area contributed by atoms with Crippen molar-refractivity contribution in [3.63, 3.8) is 0 Å². The molecule has 1 aliphatic rings. The molecule has 166 valence electrons. The summed E-state index contributed by atoms with van der Waals surface area (Å²) in [4.78, 5) is 0. The van der Waals surface area contributed by atoms with E-state index in [1.54, 1.807) is 0 Å². The van der Waals surface area contributed by atoms with Gasteiger partial charge in [0.2, 0.25) is 0 Å². The van der Waals surface area contributed by atoms with Crippen molar-refractivity contribution >= 4 is 0 Å². The van der Waals surface area contributed by atoms with Gasteiger partial charge in [0.15, 0.2) is 0 Å². The molecule has 0 radical (unpaired) electrons. The van der Waals surface area contributed by atoms with E-state index in [0.29, 0.717) is 6.61 Å². The average Bonchev–Trinajstić information content (AvgIpc) is 3.07. The first-order chi connectivity index (χ1) is 13.7. The maximum atomic E-state index is 9.88. The third kappa shape index (κ3) is 11.5. The lowest BCUT2D eigenvalue weighted by Gasteiger charge is -2.23. The van der Waals surface area contributed by atoms with Crippen LogP contribution in [0.15, 0.2) is 12.2 Å². The van der Waals surface area contributed by atoms with Gasteiger partial charge < -0.3 is 24.8 Å². The Labute approximate surface area is 172 Å². The van der Waals surface area contributed by atoms with E-state index >= 15 is 0 Å². The quantitative estimate of drug-likeness (QED) is 0.238. The molecular formula is C23H44O5. The van der Waals surface area contributed by atoms with Crippen LogP contribution in [0.4, 0.5) is 0 Å². The Morgan fingerprint density at radius 2 is 1.46 bits per heavy atom. The highest BCUT2D eigenvalue weighted by Gasteiger charge is 2.40. The molecule has 4 atom stereocenters. The van der Waals surface area contributed by atoms with Crippen molar-refractivity contribution in [2.75, 3.05) is 19.8 Å². The van der Waals surface area contributed by atoms with Gasteiger partial charge in [-0.3, -0.25) is 0 Å². The number of allylic oxidation sites excluding steroid dienone is 2. The van der Waals surface area contributed by atoms with Gasteiger partial charge in [-0.05, 0) is 26.2 Å². The Bertz CT molecular complexity index is 374. The number of rotatable bonds is 18. The summed E-state index contributed by atoms with van der Waals surface area (Å²) in [6.45, 7) is 2.43. The molecule has 1 saturated heterocycles. The van der Waals surface area contributed by atoms with Crippen molar-refractivity contribution < 1.29 is 24.8 Å². The molecule has 0 saturated carbocycles. The van der Waals surface area contributed by atoms with E-state index in [1.165, 1.54) is 70.6 Å². The summed E-state index contributed by atoms with van der Waals surface area (Å²) in [6, 6.07) is 0. The highest BCUT2D eigenvalue weighted by atomic mass is 16.6. The van der Waals surface area contributed by atoms with Gasteiger partial charge in [-0.1, -0.05) is 76.4 Å². The number of hydrogen-bond acceptors (Lipinski definition) is 5. The van der Waals surface area contributed by atoms with Crippen LogP contribution in [0.2, 0.25) is 0 Å². The summed E-state index contributed by atoms with van der Waals surface area (Å²) < 4.78 is 11.0. The monoisotopic (exact) mass is 400 g/mol. The minimum Gasteiger partial charge on any atom is -0.394 e. The molecule has 3 N–H and O–H groups in total. The van der Waals surface area contributed by atoms with Crippen molar-refractivity contribution in [1.82, 2.24) is 0 Å². The van der Waals surface area contributed by atoms with Crippen LogP contribution in [0, 0.1) is 0 Å². The Balaban J connectivity index is 1.85. The molecule has 1 rings (SSSR count). The van der Waals surface area contributed by atoms with E-state index in [4.69, 9.17) is 14.6 Å². The summed E-state index contributed by atoms with van der Waals surface area (Å²) >= 11 is 0. The fraction of sp³-hybridized carbons (Fsp3) is 0.913. The molecule has 1 fully saturated rings. The van der Waals surface area contributed by atoms with Crippen LogP contribution < -0.4 is 0 Å². The lowest BCUT2D eigenvalue weighted by Crippen LogP contribution is -2.42. The molecule has 1 heterocycles. The maximum absolute atomic E-state index is 9.88. The van der Waals surface area contributed by atoms with Crippen LogP contribution in [0.3, 0.4) is 0 Å². The molecule has 0 aliphatic carbocycles. The molecule has 28 heavy (non-hydrogen) atoms. The summed E-state index contributed by atoms with van der Waals surface area (Å²) in [5.74, 6) is 0. The number of unbranched alkanes of at least 4 members (excludes halogenated alkanes) is 12. The number of aliphatic hydroxyl groups is 3. The van der Waals surface area contributed by atoms with E-state index in [9.17, 15) is 10.2 Å². The highest BCUT2D eigenvalue weighted by molar-refractivity contribution is 4.89. The molecule has 0 bridgehead atoms. The van der Waals surface area contributed by atoms with Crippen LogP contribution in [0.1, 0.15) is 90.4 Å². The molecular weight excluding hydrogens is 356 g/mol. The minimum absolute atomic E-state index is 0.155. The Morgan fingerprint density at radius 1 is 0.929 bits per heavy atom. The SMILES string of the molecule is C/C=C/CCCCCCCCCCCCCCO[C@H]1[C@@H]([C@H](O)CO)OC[C@@H]1O. The number of ether oxygens (including phenoxy) is 2. The summed E-state index contributed by atoms with van der Waals surface area (Å²) in [5.41, 5.74) is 0. The van der Waals surface area contributed by atoms with Gasteiger partial charge in [0.05, 0.1) is 13.2 Å². The minimum atomic E-state index is -1.000. The average molecular weight is 401 g/mol. The molecule has 0 aromatic carbocycles. The third-order valence-corrected chi connectivity index (χ3v) is 5.54. The first-order valence-corrected chi connectivity index (χ1v) is 11.5. The fourth-order valence-corrected chi connectivity index (χ4v) is 3.78. The number of aliphatic hydroxyl groups excluding tert-OH is 3. The van der Waals surface area contributed by atoms with Gasteiger partial charge in [-0.15, -0.1) is 0 Å². The smallest absolute Gasteiger partial charge is 0.114 e. The van der Waals surface area contributed by atoms with Gasteiger partial charge in [0.25, 0.3) is 0 Å². The maximum Gasteiger partial charge on any atom is 0.114 e. The number of hydrogen-bond donors (Lipinski definition) is 3. The predicted molar refractivity (Wildman–Crippen MR) is 113 cm³/mol. The van der Waals surface area contributed by atoms with Gasteiger partial charge in [-0.2, -0.15) is 0 Å². The third-order valence-electron chi connectivity index (χ3n) is 5.54. The molecule has 0 amide bonds. The summed E-state index contributed by atoms with van der Waals surface area (Å²) in [6.07, 6.45) is 18.2. The Kier molecular flexibility index (Phi) is 15.9. The first kappa shape index (κ1) is 25.6. The van der Waals surface area contributed by atoms with Crippen molar-refractivity contribution in [1.29, 1.82) is 0 Å². The zero-order valence-electron chi connectivity index (χ0n) is 17.9. The van der Waals surface area contributed by atoms with Crippen molar-refractivity contribution in [3.8, 4) is 0 Å².